The van der Waals surface area contributed by atoms with Crippen molar-refractivity contribution >= 4 is 21.6 Å². The molecule has 1 aliphatic rings. The zero-order valence-corrected chi connectivity index (χ0v) is 15.8. The van der Waals surface area contributed by atoms with E-state index in [4.69, 9.17) is 4.74 Å². The Hall–Kier alpha value is -2.54. The molecule has 0 unspecified atom stereocenters. The Balaban J connectivity index is 1.80. The third-order valence-corrected chi connectivity index (χ3v) is 5.54. The van der Waals surface area contributed by atoms with E-state index in [1.807, 2.05) is 44.2 Å². The van der Waals surface area contributed by atoms with Gasteiger partial charge in [0.25, 0.3) is 5.91 Å². The van der Waals surface area contributed by atoms with Crippen LogP contribution >= 0.6 is 0 Å². The van der Waals surface area contributed by atoms with E-state index in [2.05, 4.69) is 5.32 Å². The van der Waals surface area contributed by atoms with Crippen LogP contribution in [0.3, 0.4) is 0 Å². The lowest BCUT2D eigenvalue weighted by Gasteiger charge is -2.34. The molecule has 0 saturated heterocycles. The lowest BCUT2D eigenvalue weighted by Crippen LogP contribution is -2.50. The summed E-state index contributed by atoms with van der Waals surface area (Å²) in [7, 11) is -3.52. The number of hydrogen-bond acceptors (Lipinski definition) is 4. The average molecular weight is 374 g/mol. The molecule has 138 valence electrons. The molecule has 0 bridgehead atoms. The summed E-state index contributed by atoms with van der Waals surface area (Å²) in [4.78, 5) is 12.6. The largest absolute Gasteiger partial charge is 0.476 e. The number of hydrogen-bond donors (Lipinski definition) is 1. The van der Waals surface area contributed by atoms with Gasteiger partial charge < -0.3 is 10.1 Å². The van der Waals surface area contributed by atoms with Crippen LogP contribution in [0.5, 0.6) is 5.75 Å². The van der Waals surface area contributed by atoms with Crippen molar-refractivity contribution in [2.24, 2.45) is 0 Å². The number of anilines is 1. The Morgan fingerprint density at radius 2 is 1.96 bits per heavy atom. The summed E-state index contributed by atoms with van der Waals surface area (Å²) >= 11 is 0. The highest BCUT2D eigenvalue weighted by Gasteiger charge is 2.34. The highest BCUT2D eigenvalue weighted by Crippen LogP contribution is 2.35. The van der Waals surface area contributed by atoms with Crippen LogP contribution in [0.25, 0.3) is 0 Å². The van der Waals surface area contributed by atoms with Crippen LogP contribution in [0.4, 0.5) is 5.69 Å². The normalized spacial score (nSPS) is 16.6. The van der Waals surface area contributed by atoms with E-state index >= 15 is 0 Å². The van der Waals surface area contributed by atoms with Gasteiger partial charge in [0.2, 0.25) is 10.0 Å². The molecule has 1 aliphatic heterocycles. The number of carbonyl (C=O) groups excluding carboxylic acids is 1. The molecule has 0 radical (unpaired) electrons. The molecule has 0 spiro atoms. The second-order valence-corrected chi connectivity index (χ2v) is 8.42. The Morgan fingerprint density at radius 1 is 1.23 bits per heavy atom. The number of sulfonamides is 1. The first kappa shape index (κ1) is 18.3. The minimum Gasteiger partial charge on any atom is -0.476 e. The fourth-order valence-corrected chi connectivity index (χ4v) is 3.82. The van der Waals surface area contributed by atoms with Crippen molar-refractivity contribution in [3.8, 4) is 5.75 Å². The molecule has 2 aromatic carbocycles. The van der Waals surface area contributed by atoms with Crippen molar-refractivity contribution in [1.82, 2.24) is 5.32 Å². The summed E-state index contributed by atoms with van der Waals surface area (Å²) in [6, 6.07) is 13.0. The first-order chi connectivity index (χ1) is 12.3. The van der Waals surface area contributed by atoms with Crippen LogP contribution in [0.2, 0.25) is 0 Å². The Kier molecular flexibility index (Phi) is 4.91. The molecule has 0 aromatic heterocycles. The Labute approximate surface area is 153 Å². The average Bonchev–Trinajstić information content (AvgIpc) is 2.59. The smallest absolute Gasteiger partial charge is 0.263 e. The van der Waals surface area contributed by atoms with Gasteiger partial charge in [-0.3, -0.25) is 9.10 Å². The molecule has 0 saturated carbocycles. The third-order valence-electron chi connectivity index (χ3n) is 4.39. The van der Waals surface area contributed by atoms with Crippen molar-refractivity contribution in [2.75, 3.05) is 17.1 Å². The summed E-state index contributed by atoms with van der Waals surface area (Å²) < 4.78 is 31.4. The molecule has 3 rings (SSSR count). The first-order valence-electron chi connectivity index (χ1n) is 8.33. The number of amides is 1. The zero-order chi connectivity index (χ0) is 18.9. The van der Waals surface area contributed by atoms with Gasteiger partial charge in [0.1, 0.15) is 5.75 Å². The van der Waals surface area contributed by atoms with E-state index in [1.165, 1.54) is 4.31 Å². The predicted molar refractivity (Wildman–Crippen MR) is 101 cm³/mol. The minimum atomic E-state index is -3.52. The van der Waals surface area contributed by atoms with Gasteiger partial charge in [-0.1, -0.05) is 30.3 Å². The number of rotatable bonds is 4. The second kappa shape index (κ2) is 6.99. The van der Waals surface area contributed by atoms with Gasteiger partial charge in [0.05, 0.1) is 18.5 Å². The maximum atomic E-state index is 12.6. The van der Waals surface area contributed by atoms with Gasteiger partial charge in [-0.15, -0.1) is 0 Å². The maximum Gasteiger partial charge on any atom is 0.263 e. The zero-order valence-electron chi connectivity index (χ0n) is 15.0. The van der Waals surface area contributed by atoms with Gasteiger partial charge in [0, 0.05) is 6.54 Å². The number of benzene rings is 2. The predicted octanol–water partition coefficient (Wildman–Crippen LogP) is 2.15. The molecule has 0 fully saturated rings. The summed E-state index contributed by atoms with van der Waals surface area (Å²) in [5, 5.41) is 2.84. The van der Waals surface area contributed by atoms with Crippen molar-refractivity contribution < 1.29 is 17.9 Å². The summed E-state index contributed by atoms with van der Waals surface area (Å²) in [5.41, 5.74) is 3.47. The Bertz CT molecular complexity index is 940. The van der Waals surface area contributed by atoms with Crippen LogP contribution in [0.15, 0.2) is 42.5 Å². The highest BCUT2D eigenvalue weighted by atomic mass is 32.2. The third kappa shape index (κ3) is 3.83. The van der Waals surface area contributed by atoms with Gasteiger partial charge in [-0.05, 0) is 42.7 Å². The van der Waals surface area contributed by atoms with Crippen LogP contribution < -0.4 is 14.4 Å². The fourth-order valence-electron chi connectivity index (χ4n) is 2.92. The van der Waals surface area contributed by atoms with Crippen LogP contribution in [-0.2, 0) is 21.4 Å². The molecule has 1 amide bonds. The van der Waals surface area contributed by atoms with Crippen molar-refractivity contribution in [3.05, 3.63) is 59.2 Å². The monoisotopic (exact) mass is 374 g/mol. The van der Waals surface area contributed by atoms with E-state index in [1.54, 1.807) is 12.1 Å². The molecule has 26 heavy (non-hydrogen) atoms. The number of ether oxygens (including phenoxy) is 1. The number of fused-ring (bicyclic) bond motifs is 1. The molecular formula is C19H22N2O4S. The van der Waals surface area contributed by atoms with E-state index in [0.29, 0.717) is 18.0 Å². The topological polar surface area (TPSA) is 75.7 Å². The number of carbonyl (C=O) groups is 1. The quantitative estimate of drug-likeness (QED) is 0.890. The molecule has 1 heterocycles. The molecule has 1 N–H and O–H groups in total. The molecule has 0 aliphatic carbocycles. The van der Waals surface area contributed by atoms with Crippen molar-refractivity contribution in [1.29, 1.82) is 0 Å². The van der Waals surface area contributed by atoms with Gasteiger partial charge in [-0.25, -0.2) is 8.42 Å². The van der Waals surface area contributed by atoms with Crippen LogP contribution in [0.1, 0.15) is 16.7 Å². The van der Waals surface area contributed by atoms with Gasteiger partial charge in [0.15, 0.2) is 6.10 Å². The van der Waals surface area contributed by atoms with Crippen molar-refractivity contribution in [3.63, 3.8) is 0 Å². The Morgan fingerprint density at radius 3 is 2.65 bits per heavy atom. The van der Waals surface area contributed by atoms with Crippen LogP contribution in [0, 0.1) is 13.8 Å². The second-order valence-electron chi connectivity index (χ2n) is 6.52. The summed E-state index contributed by atoms with van der Waals surface area (Å²) in [6.07, 6.45) is 0.233. The van der Waals surface area contributed by atoms with Crippen molar-refractivity contribution in [2.45, 2.75) is 26.5 Å². The van der Waals surface area contributed by atoms with Gasteiger partial charge in [-0.2, -0.15) is 0 Å². The molecule has 1 atom stereocenters. The molecule has 7 heteroatoms. The van der Waals surface area contributed by atoms with E-state index in [0.717, 1.165) is 22.9 Å². The maximum absolute atomic E-state index is 12.6. The lowest BCUT2D eigenvalue weighted by molar-refractivity contribution is -0.127. The van der Waals surface area contributed by atoms with E-state index in [-0.39, 0.29) is 12.5 Å². The number of nitrogens with zero attached hydrogens (tertiary/aromatic N) is 1. The van der Waals surface area contributed by atoms with E-state index in [9.17, 15) is 13.2 Å². The highest BCUT2D eigenvalue weighted by molar-refractivity contribution is 7.92. The lowest BCUT2D eigenvalue weighted by atomic mass is 10.1. The molecule has 2 aromatic rings. The SMILES string of the molecule is Cc1ccc2c(c1)N(S(C)(=O)=O)C[C@H](C(=O)NCc1ccccc1C)O2. The first-order valence-corrected chi connectivity index (χ1v) is 10.2. The van der Waals surface area contributed by atoms with Gasteiger partial charge >= 0.3 is 0 Å². The standard InChI is InChI=1S/C19H22N2O4S/c1-13-8-9-17-16(10-13)21(26(3,23)24)12-18(25-17)19(22)20-11-15-7-5-4-6-14(15)2/h4-10,18H,11-12H2,1-3H3,(H,20,22)/t18-/m1/s1. The van der Waals surface area contributed by atoms with Crippen LogP contribution in [-0.4, -0.2) is 33.2 Å². The number of nitrogens with one attached hydrogen (secondary N) is 1. The molecule has 6 nitrogen and oxygen atoms in total. The summed E-state index contributed by atoms with van der Waals surface area (Å²) in [5.74, 6) is 0.0523. The molecular weight excluding hydrogens is 352 g/mol. The van der Waals surface area contributed by atoms with E-state index < -0.39 is 16.1 Å². The number of aryl methyl sites for hydroxylation is 2. The fraction of sp³-hybridized carbons (Fsp3) is 0.316. The minimum absolute atomic E-state index is 0.0467. The summed E-state index contributed by atoms with van der Waals surface area (Å²) in [6.45, 7) is 4.17.